The lowest BCUT2D eigenvalue weighted by molar-refractivity contribution is 0.157. The largest absolute Gasteiger partial charge is 0.493 e. The van der Waals surface area contributed by atoms with Crippen molar-refractivity contribution in [2.24, 2.45) is 5.41 Å². The van der Waals surface area contributed by atoms with Crippen molar-refractivity contribution in [3.8, 4) is 5.75 Å². The molecular weight excluding hydrogens is 228 g/mol. The second-order valence-electron chi connectivity index (χ2n) is 4.90. The van der Waals surface area contributed by atoms with Gasteiger partial charge in [-0.15, -0.1) is 0 Å². The topological polar surface area (TPSA) is 9.23 Å². The van der Waals surface area contributed by atoms with E-state index in [0.29, 0.717) is 0 Å². The number of hydrogen-bond donors (Lipinski definition) is 1. The van der Waals surface area contributed by atoms with Gasteiger partial charge >= 0.3 is 0 Å². The van der Waals surface area contributed by atoms with E-state index in [2.05, 4.69) is 58.5 Å². The van der Waals surface area contributed by atoms with Gasteiger partial charge in [0, 0.05) is 5.41 Å². The van der Waals surface area contributed by atoms with E-state index in [1.54, 1.807) is 0 Å². The molecule has 17 heavy (non-hydrogen) atoms. The van der Waals surface area contributed by atoms with E-state index in [9.17, 15) is 0 Å². The Bertz CT molecular complexity index is 348. The predicted molar refractivity (Wildman–Crippen MR) is 78.3 cm³/mol. The van der Waals surface area contributed by atoms with Crippen molar-refractivity contribution in [1.29, 1.82) is 0 Å². The molecule has 0 aliphatic rings. The molecule has 0 aliphatic carbocycles. The van der Waals surface area contributed by atoms with Gasteiger partial charge in [-0.05, 0) is 55.7 Å². The summed E-state index contributed by atoms with van der Waals surface area (Å²) in [5, 5.41) is 0. The van der Waals surface area contributed by atoms with Crippen molar-refractivity contribution in [2.45, 2.75) is 40.5 Å². The van der Waals surface area contributed by atoms with Crippen LogP contribution in [0.3, 0.4) is 0 Å². The van der Waals surface area contributed by atoms with Crippen molar-refractivity contribution in [3.63, 3.8) is 0 Å². The van der Waals surface area contributed by atoms with Crippen LogP contribution < -0.4 is 4.74 Å². The summed E-state index contributed by atoms with van der Waals surface area (Å²) in [6.07, 6.45) is 2.22. The highest BCUT2D eigenvalue weighted by Gasteiger charge is 2.25. The molecule has 1 nitrogen and oxygen atoms in total. The number of hydrogen-bond acceptors (Lipinski definition) is 2. The van der Waals surface area contributed by atoms with Crippen molar-refractivity contribution in [2.75, 3.05) is 12.4 Å². The molecule has 0 heterocycles. The van der Waals surface area contributed by atoms with Crippen LogP contribution in [0.5, 0.6) is 5.75 Å². The monoisotopic (exact) mass is 252 g/mol. The van der Waals surface area contributed by atoms with Crippen LogP contribution in [0.2, 0.25) is 0 Å². The molecule has 0 atom stereocenters. The van der Waals surface area contributed by atoms with Crippen molar-refractivity contribution in [3.05, 3.63) is 29.3 Å². The third-order valence-electron chi connectivity index (χ3n) is 3.86. The first-order valence-electron chi connectivity index (χ1n) is 6.38. The molecule has 0 saturated carbocycles. The fraction of sp³-hybridized carbons (Fsp3) is 0.600. The predicted octanol–water partition coefficient (Wildman–Crippen LogP) is 4.42. The average molecular weight is 252 g/mol. The summed E-state index contributed by atoms with van der Waals surface area (Å²) < 4.78 is 5.93. The van der Waals surface area contributed by atoms with Crippen LogP contribution in [0.4, 0.5) is 0 Å². The summed E-state index contributed by atoms with van der Waals surface area (Å²) in [6.45, 7) is 9.42. The normalized spacial score (nSPS) is 11.6. The minimum absolute atomic E-state index is 0.210. The minimum Gasteiger partial charge on any atom is -0.493 e. The molecule has 0 amide bonds. The quantitative estimate of drug-likeness (QED) is 0.737. The molecule has 0 aromatic heterocycles. The van der Waals surface area contributed by atoms with Crippen LogP contribution >= 0.6 is 12.6 Å². The van der Waals surface area contributed by atoms with E-state index < -0.39 is 0 Å². The van der Waals surface area contributed by atoms with Crippen LogP contribution in [0, 0.1) is 19.3 Å². The first-order valence-corrected chi connectivity index (χ1v) is 7.01. The van der Waals surface area contributed by atoms with Gasteiger partial charge in [-0.2, -0.15) is 12.6 Å². The molecule has 2 heteroatoms. The zero-order valence-corrected chi connectivity index (χ0v) is 12.3. The fourth-order valence-corrected chi connectivity index (χ4v) is 2.30. The van der Waals surface area contributed by atoms with E-state index in [-0.39, 0.29) is 5.41 Å². The number of benzene rings is 1. The maximum absolute atomic E-state index is 5.93. The number of ether oxygens (including phenoxy) is 1. The lowest BCUT2D eigenvalue weighted by Crippen LogP contribution is -2.29. The van der Waals surface area contributed by atoms with E-state index in [1.807, 2.05) is 0 Å². The molecule has 96 valence electrons. The Morgan fingerprint density at radius 2 is 1.76 bits per heavy atom. The maximum Gasteiger partial charge on any atom is 0.119 e. The highest BCUT2D eigenvalue weighted by Crippen LogP contribution is 2.29. The van der Waals surface area contributed by atoms with Gasteiger partial charge in [0.15, 0.2) is 0 Å². The van der Waals surface area contributed by atoms with Crippen LogP contribution in [0.25, 0.3) is 0 Å². The third kappa shape index (κ3) is 3.67. The Hall–Kier alpha value is -0.630. The van der Waals surface area contributed by atoms with E-state index >= 15 is 0 Å². The summed E-state index contributed by atoms with van der Waals surface area (Å²) in [5.41, 5.74) is 2.80. The Morgan fingerprint density at radius 3 is 2.24 bits per heavy atom. The zero-order valence-electron chi connectivity index (χ0n) is 11.4. The Balaban J connectivity index is 2.68. The standard InChI is InChI=1S/C15H24OS/c1-5-15(6-2,11-17)10-16-14-8-7-12(3)13(4)9-14/h7-9,17H,5-6,10-11H2,1-4H3. The smallest absolute Gasteiger partial charge is 0.119 e. The summed E-state index contributed by atoms with van der Waals surface area (Å²) in [7, 11) is 0. The number of rotatable bonds is 6. The molecular formula is C15H24OS. The van der Waals surface area contributed by atoms with Crippen LogP contribution in [0.1, 0.15) is 37.8 Å². The SMILES string of the molecule is CCC(CC)(CS)COc1ccc(C)c(C)c1. The van der Waals surface area contributed by atoms with Gasteiger partial charge in [-0.25, -0.2) is 0 Å². The van der Waals surface area contributed by atoms with E-state index in [4.69, 9.17) is 4.74 Å². The Kier molecular flexibility index (Phi) is 5.38. The van der Waals surface area contributed by atoms with Gasteiger partial charge in [0.05, 0.1) is 6.61 Å². The number of aryl methyl sites for hydroxylation is 2. The molecule has 0 saturated heterocycles. The maximum atomic E-state index is 5.93. The Labute approximate surface area is 111 Å². The molecule has 0 radical (unpaired) electrons. The highest BCUT2D eigenvalue weighted by atomic mass is 32.1. The molecule has 1 aromatic carbocycles. The van der Waals surface area contributed by atoms with Crippen LogP contribution in [0.15, 0.2) is 18.2 Å². The van der Waals surface area contributed by atoms with Gasteiger partial charge in [-0.1, -0.05) is 19.9 Å². The summed E-state index contributed by atoms with van der Waals surface area (Å²) >= 11 is 4.46. The number of thiol groups is 1. The van der Waals surface area contributed by atoms with Gasteiger partial charge in [0.1, 0.15) is 5.75 Å². The average Bonchev–Trinajstić information content (AvgIpc) is 2.36. The summed E-state index contributed by atoms with van der Waals surface area (Å²) in [6, 6.07) is 6.28. The molecule has 1 rings (SSSR count). The van der Waals surface area contributed by atoms with Crippen LogP contribution in [-0.2, 0) is 0 Å². The van der Waals surface area contributed by atoms with Gasteiger partial charge in [0.2, 0.25) is 0 Å². The Morgan fingerprint density at radius 1 is 1.12 bits per heavy atom. The lowest BCUT2D eigenvalue weighted by atomic mass is 9.85. The van der Waals surface area contributed by atoms with Gasteiger partial charge in [0.25, 0.3) is 0 Å². The second-order valence-corrected chi connectivity index (χ2v) is 5.22. The van der Waals surface area contributed by atoms with Crippen molar-refractivity contribution in [1.82, 2.24) is 0 Å². The molecule has 0 spiro atoms. The molecule has 0 aliphatic heterocycles. The zero-order chi connectivity index (χ0) is 12.9. The highest BCUT2D eigenvalue weighted by molar-refractivity contribution is 7.80. The van der Waals surface area contributed by atoms with Crippen molar-refractivity contribution >= 4 is 12.6 Å². The molecule has 0 N–H and O–H groups in total. The second kappa shape index (κ2) is 6.34. The first-order chi connectivity index (χ1) is 8.06. The minimum atomic E-state index is 0.210. The summed E-state index contributed by atoms with van der Waals surface area (Å²) in [4.78, 5) is 0. The molecule has 0 fully saturated rings. The third-order valence-corrected chi connectivity index (χ3v) is 4.53. The van der Waals surface area contributed by atoms with E-state index in [1.165, 1.54) is 11.1 Å². The first kappa shape index (κ1) is 14.4. The fourth-order valence-electron chi connectivity index (χ4n) is 1.76. The van der Waals surface area contributed by atoms with Gasteiger partial charge in [-0.3, -0.25) is 0 Å². The molecule has 1 aromatic rings. The summed E-state index contributed by atoms with van der Waals surface area (Å²) in [5.74, 6) is 1.85. The van der Waals surface area contributed by atoms with Crippen LogP contribution in [-0.4, -0.2) is 12.4 Å². The van der Waals surface area contributed by atoms with Crippen molar-refractivity contribution < 1.29 is 4.74 Å². The molecule has 0 unspecified atom stereocenters. The van der Waals surface area contributed by atoms with E-state index in [0.717, 1.165) is 31.0 Å². The molecule has 0 bridgehead atoms. The lowest BCUT2D eigenvalue weighted by Gasteiger charge is -2.29. The van der Waals surface area contributed by atoms with Gasteiger partial charge < -0.3 is 4.74 Å².